The summed E-state index contributed by atoms with van der Waals surface area (Å²) < 4.78 is 12.1. The lowest BCUT2D eigenvalue weighted by Gasteiger charge is -2.10. The third-order valence-corrected chi connectivity index (χ3v) is 4.78. The number of para-hydroxylation sites is 1. The van der Waals surface area contributed by atoms with Crippen molar-refractivity contribution in [2.45, 2.75) is 6.54 Å². The minimum atomic E-state index is -0.365. The molecule has 0 radical (unpaired) electrons. The molecule has 1 aromatic heterocycles. The number of ether oxygens (including phenoxy) is 2. The number of hydrogen-bond acceptors (Lipinski definition) is 4. The van der Waals surface area contributed by atoms with Crippen LogP contribution < -0.4 is 4.74 Å². The first-order chi connectivity index (χ1) is 13.1. The minimum Gasteiger partial charge on any atom is -0.504 e. The maximum atomic E-state index is 12.0. The van der Waals surface area contributed by atoms with E-state index in [9.17, 15) is 9.90 Å². The summed E-state index contributed by atoms with van der Waals surface area (Å²) in [6.07, 6.45) is 0. The normalized spacial score (nSPS) is 11.0. The van der Waals surface area contributed by atoms with E-state index in [0.717, 1.165) is 27.4 Å². The molecule has 5 nitrogen and oxygen atoms in total. The Morgan fingerprint density at radius 2 is 1.74 bits per heavy atom. The lowest BCUT2D eigenvalue weighted by molar-refractivity contribution is 0.0601. The molecule has 5 heteroatoms. The van der Waals surface area contributed by atoms with Crippen molar-refractivity contribution in [1.29, 1.82) is 0 Å². The van der Waals surface area contributed by atoms with E-state index in [-0.39, 0.29) is 11.7 Å². The number of phenols is 1. The maximum absolute atomic E-state index is 12.0. The number of esters is 1. The van der Waals surface area contributed by atoms with Crippen LogP contribution in [0, 0.1) is 0 Å². The lowest BCUT2D eigenvalue weighted by atomic mass is 10.1. The number of benzene rings is 3. The van der Waals surface area contributed by atoms with Crippen LogP contribution in [0.25, 0.3) is 21.8 Å². The summed E-state index contributed by atoms with van der Waals surface area (Å²) in [6, 6.07) is 19.1. The van der Waals surface area contributed by atoms with E-state index in [0.29, 0.717) is 17.9 Å². The summed E-state index contributed by atoms with van der Waals surface area (Å²) in [5, 5.41) is 12.3. The number of rotatable bonds is 4. The van der Waals surface area contributed by atoms with Gasteiger partial charge >= 0.3 is 5.97 Å². The highest BCUT2D eigenvalue weighted by molar-refractivity contribution is 6.09. The predicted octanol–water partition coefficient (Wildman–Crippen LogP) is 4.34. The smallest absolute Gasteiger partial charge is 0.337 e. The van der Waals surface area contributed by atoms with E-state index in [1.54, 1.807) is 18.2 Å². The van der Waals surface area contributed by atoms with Crippen LogP contribution in [-0.2, 0) is 11.3 Å². The largest absolute Gasteiger partial charge is 0.504 e. The SMILES string of the molecule is COC(=O)c1ccc2c3ccccc3n(Cc3ccc(OC)c(O)c3)c2c1. The molecular weight excluding hydrogens is 342 g/mol. The molecule has 4 rings (SSSR count). The van der Waals surface area contributed by atoms with E-state index in [1.807, 2.05) is 30.3 Å². The van der Waals surface area contributed by atoms with Crippen LogP contribution >= 0.6 is 0 Å². The van der Waals surface area contributed by atoms with Gasteiger partial charge in [-0.2, -0.15) is 0 Å². The number of nitrogens with zero attached hydrogens (tertiary/aromatic N) is 1. The Labute approximate surface area is 156 Å². The van der Waals surface area contributed by atoms with E-state index in [4.69, 9.17) is 9.47 Å². The number of fused-ring (bicyclic) bond motifs is 3. The molecule has 4 aromatic rings. The van der Waals surface area contributed by atoms with Gasteiger partial charge in [-0.3, -0.25) is 0 Å². The second-order valence-electron chi connectivity index (χ2n) is 6.33. The summed E-state index contributed by atoms with van der Waals surface area (Å²) in [5.74, 6) is 0.177. The molecule has 0 aliphatic carbocycles. The highest BCUT2D eigenvalue weighted by Gasteiger charge is 2.14. The topological polar surface area (TPSA) is 60.7 Å². The van der Waals surface area contributed by atoms with E-state index in [2.05, 4.69) is 16.7 Å². The van der Waals surface area contributed by atoms with Gasteiger partial charge in [0.25, 0.3) is 0 Å². The van der Waals surface area contributed by atoms with Gasteiger partial charge in [0.15, 0.2) is 11.5 Å². The molecule has 0 spiro atoms. The first kappa shape index (κ1) is 17.0. The molecular formula is C22H19NO4. The maximum Gasteiger partial charge on any atom is 0.337 e. The minimum absolute atomic E-state index is 0.103. The van der Waals surface area contributed by atoms with Crippen LogP contribution in [0.5, 0.6) is 11.5 Å². The number of aromatic hydroxyl groups is 1. The molecule has 136 valence electrons. The van der Waals surface area contributed by atoms with Crippen LogP contribution in [0.4, 0.5) is 0 Å². The molecule has 0 saturated heterocycles. The van der Waals surface area contributed by atoms with Crippen LogP contribution in [-0.4, -0.2) is 29.9 Å². The number of hydrogen-bond donors (Lipinski definition) is 1. The second kappa shape index (κ2) is 6.68. The molecule has 0 aliphatic heterocycles. The van der Waals surface area contributed by atoms with Crippen molar-refractivity contribution in [3.05, 3.63) is 71.8 Å². The van der Waals surface area contributed by atoms with Crippen LogP contribution in [0.2, 0.25) is 0 Å². The predicted molar refractivity (Wildman–Crippen MR) is 105 cm³/mol. The number of phenolic OH excluding ortho intramolecular Hbond substituents is 1. The van der Waals surface area contributed by atoms with Crippen molar-refractivity contribution in [3.8, 4) is 11.5 Å². The van der Waals surface area contributed by atoms with Gasteiger partial charge in [0.2, 0.25) is 0 Å². The Morgan fingerprint density at radius 1 is 0.963 bits per heavy atom. The zero-order valence-electron chi connectivity index (χ0n) is 15.1. The van der Waals surface area contributed by atoms with Gasteiger partial charge in [-0.05, 0) is 35.9 Å². The summed E-state index contributed by atoms with van der Waals surface area (Å²) in [6.45, 7) is 0.548. The van der Waals surface area contributed by atoms with Crippen LogP contribution in [0.3, 0.4) is 0 Å². The van der Waals surface area contributed by atoms with Crippen molar-refractivity contribution in [3.63, 3.8) is 0 Å². The van der Waals surface area contributed by atoms with Crippen molar-refractivity contribution >= 4 is 27.8 Å². The Balaban J connectivity index is 1.91. The van der Waals surface area contributed by atoms with Gasteiger partial charge < -0.3 is 19.1 Å². The summed E-state index contributed by atoms with van der Waals surface area (Å²) >= 11 is 0. The highest BCUT2D eigenvalue weighted by atomic mass is 16.5. The van der Waals surface area contributed by atoms with E-state index in [1.165, 1.54) is 14.2 Å². The average molecular weight is 361 g/mol. The Hall–Kier alpha value is -3.47. The molecule has 3 aromatic carbocycles. The monoisotopic (exact) mass is 361 g/mol. The Bertz CT molecular complexity index is 1160. The quantitative estimate of drug-likeness (QED) is 0.549. The third kappa shape index (κ3) is 2.87. The fourth-order valence-electron chi connectivity index (χ4n) is 3.48. The Morgan fingerprint density at radius 3 is 2.48 bits per heavy atom. The van der Waals surface area contributed by atoms with Crippen molar-refractivity contribution in [2.75, 3.05) is 14.2 Å². The van der Waals surface area contributed by atoms with Crippen molar-refractivity contribution in [2.24, 2.45) is 0 Å². The van der Waals surface area contributed by atoms with Gasteiger partial charge in [-0.1, -0.05) is 30.3 Å². The zero-order chi connectivity index (χ0) is 19.0. The highest BCUT2D eigenvalue weighted by Crippen LogP contribution is 2.32. The summed E-state index contributed by atoms with van der Waals surface area (Å²) in [4.78, 5) is 12.0. The standard InChI is InChI=1S/C22H19NO4/c1-26-21-10-7-14(11-20(21)24)13-23-18-6-4-3-5-16(18)17-9-8-15(12-19(17)23)22(25)27-2/h3-12,24H,13H2,1-2H3. The molecule has 1 N–H and O–H groups in total. The van der Waals surface area contributed by atoms with Gasteiger partial charge in [0.1, 0.15) is 0 Å². The van der Waals surface area contributed by atoms with Crippen molar-refractivity contribution < 1.29 is 19.4 Å². The molecule has 27 heavy (non-hydrogen) atoms. The fourth-order valence-corrected chi connectivity index (χ4v) is 3.48. The molecule has 0 saturated carbocycles. The average Bonchev–Trinajstić information content (AvgIpc) is 3.01. The molecule has 0 fully saturated rings. The number of carbonyl (C=O) groups is 1. The van der Waals surface area contributed by atoms with E-state index < -0.39 is 0 Å². The first-order valence-electron chi connectivity index (χ1n) is 8.57. The second-order valence-corrected chi connectivity index (χ2v) is 6.33. The van der Waals surface area contributed by atoms with Gasteiger partial charge in [-0.15, -0.1) is 0 Å². The molecule has 0 bridgehead atoms. The lowest BCUT2D eigenvalue weighted by Crippen LogP contribution is -2.03. The van der Waals surface area contributed by atoms with Crippen LogP contribution in [0.1, 0.15) is 15.9 Å². The van der Waals surface area contributed by atoms with Crippen molar-refractivity contribution in [1.82, 2.24) is 4.57 Å². The number of aromatic nitrogens is 1. The van der Waals surface area contributed by atoms with Gasteiger partial charge in [-0.25, -0.2) is 4.79 Å². The molecule has 0 unspecified atom stereocenters. The third-order valence-electron chi connectivity index (χ3n) is 4.78. The van der Waals surface area contributed by atoms with Gasteiger partial charge in [0, 0.05) is 22.8 Å². The molecule has 0 aliphatic rings. The van der Waals surface area contributed by atoms with E-state index >= 15 is 0 Å². The Kier molecular flexibility index (Phi) is 4.20. The first-order valence-corrected chi connectivity index (χ1v) is 8.57. The molecule has 0 atom stereocenters. The number of methoxy groups -OCH3 is 2. The molecule has 0 amide bonds. The van der Waals surface area contributed by atoms with Crippen LogP contribution in [0.15, 0.2) is 60.7 Å². The fraction of sp³-hybridized carbons (Fsp3) is 0.136. The summed E-state index contributed by atoms with van der Waals surface area (Å²) in [5.41, 5.74) is 3.44. The zero-order valence-corrected chi connectivity index (χ0v) is 15.1. The number of carbonyl (C=O) groups excluding carboxylic acids is 1. The molecule has 1 heterocycles. The summed E-state index contributed by atoms with van der Waals surface area (Å²) in [7, 11) is 2.90. The van der Waals surface area contributed by atoms with Gasteiger partial charge in [0.05, 0.1) is 25.3 Å².